The van der Waals surface area contributed by atoms with E-state index in [4.69, 9.17) is 44.5 Å². The van der Waals surface area contributed by atoms with Crippen LogP contribution in [-0.2, 0) is 11.3 Å². The minimum atomic E-state index is -0.515. The van der Waals surface area contributed by atoms with E-state index in [-0.39, 0.29) is 12.1 Å². The molecule has 0 fully saturated rings. The van der Waals surface area contributed by atoms with Crippen LogP contribution in [0.1, 0.15) is 21.6 Å². The third-order valence-corrected chi connectivity index (χ3v) is 5.61. The Morgan fingerprint density at radius 1 is 1.15 bits per heavy atom. The summed E-state index contributed by atoms with van der Waals surface area (Å²) < 4.78 is 6.68. The molecule has 7 nitrogen and oxygen atoms in total. The summed E-state index contributed by atoms with van der Waals surface area (Å²) in [5.41, 5.74) is 11.0. The Labute approximate surface area is 200 Å². The van der Waals surface area contributed by atoms with E-state index in [0.29, 0.717) is 27.1 Å². The molecule has 0 unspecified atom stereocenters. The van der Waals surface area contributed by atoms with Gasteiger partial charge in [0.15, 0.2) is 0 Å². The smallest absolute Gasteiger partial charge is 0.339 e. The van der Waals surface area contributed by atoms with Crippen LogP contribution in [0.15, 0.2) is 73.1 Å². The molecular formula is C24H21Cl2N5O2. The van der Waals surface area contributed by atoms with Gasteiger partial charge in [-0.15, -0.1) is 0 Å². The van der Waals surface area contributed by atoms with E-state index in [2.05, 4.69) is 0 Å². The Bertz CT molecular complexity index is 1350. The zero-order valence-electron chi connectivity index (χ0n) is 17.7. The number of fused-ring (bicyclic) bond motifs is 1. The predicted molar refractivity (Wildman–Crippen MR) is 130 cm³/mol. The molecule has 2 aromatic heterocycles. The molecule has 0 radical (unpaired) electrons. The number of benzene rings is 2. The average Bonchev–Trinajstić information content (AvgIpc) is 3.20. The molecule has 0 bridgehead atoms. The number of carbonyl (C=O) groups excluding carboxylic acids is 1. The number of hydrazine groups is 1. The summed E-state index contributed by atoms with van der Waals surface area (Å²) in [7, 11) is 1.30. The van der Waals surface area contributed by atoms with Gasteiger partial charge in [0.2, 0.25) is 0 Å². The molecule has 0 atom stereocenters. The predicted octanol–water partition coefficient (Wildman–Crippen LogP) is 4.73. The molecule has 0 aliphatic carbocycles. The van der Waals surface area contributed by atoms with Gasteiger partial charge >= 0.3 is 5.97 Å². The summed E-state index contributed by atoms with van der Waals surface area (Å²) in [6, 6.07) is 18.2. The monoisotopic (exact) mass is 481 g/mol. The quantitative estimate of drug-likeness (QED) is 0.234. The number of rotatable bonds is 6. The molecule has 4 N–H and O–H groups in total. The van der Waals surface area contributed by atoms with Crippen molar-refractivity contribution in [2.45, 2.75) is 6.54 Å². The first-order valence-electron chi connectivity index (χ1n) is 9.96. The first kappa shape index (κ1) is 22.7. The number of esters is 1. The third kappa shape index (κ3) is 4.80. The lowest BCUT2D eigenvalue weighted by molar-refractivity contribution is 0.0600. The summed E-state index contributed by atoms with van der Waals surface area (Å²) in [5.74, 6) is 5.73. The molecule has 0 aliphatic heterocycles. The fourth-order valence-corrected chi connectivity index (χ4v) is 3.83. The normalized spacial score (nSPS) is 11.6. The number of halogens is 2. The van der Waals surface area contributed by atoms with E-state index in [1.54, 1.807) is 36.5 Å². The van der Waals surface area contributed by atoms with Gasteiger partial charge in [-0.05, 0) is 42.0 Å². The maximum atomic E-state index is 11.9. The zero-order chi connectivity index (χ0) is 23.5. The van der Waals surface area contributed by atoms with Crippen molar-refractivity contribution < 1.29 is 9.53 Å². The van der Waals surface area contributed by atoms with Gasteiger partial charge in [-0.1, -0.05) is 47.5 Å². The summed E-state index contributed by atoms with van der Waals surface area (Å²) in [6.45, 7) is 0.287. The van der Waals surface area contributed by atoms with Crippen LogP contribution in [0.4, 0.5) is 0 Å². The summed E-state index contributed by atoms with van der Waals surface area (Å²) in [5, 5.41) is 2.38. The van der Waals surface area contributed by atoms with Gasteiger partial charge in [-0.3, -0.25) is 4.40 Å². The highest BCUT2D eigenvalue weighted by atomic mass is 35.5. The van der Waals surface area contributed by atoms with Crippen LogP contribution in [0.3, 0.4) is 0 Å². The number of carbonyl (C=O) groups is 1. The summed E-state index contributed by atoms with van der Waals surface area (Å²) in [6.07, 6.45) is 3.52. The molecular weight excluding hydrogens is 461 g/mol. The topological polar surface area (TPSA) is 98.9 Å². The maximum absolute atomic E-state index is 11.9. The van der Waals surface area contributed by atoms with Crippen molar-refractivity contribution in [1.82, 2.24) is 14.4 Å². The van der Waals surface area contributed by atoms with E-state index < -0.39 is 5.97 Å². The largest absolute Gasteiger partial charge is 0.465 e. The molecule has 168 valence electrons. The van der Waals surface area contributed by atoms with Gasteiger partial charge in [0, 0.05) is 23.0 Å². The van der Waals surface area contributed by atoms with Crippen molar-refractivity contribution in [3.63, 3.8) is 0 Å². The Hall–Kier alpha value is -3.52. The van der Waals surface area contributed by atoms with Gasteiger partial charge in [-0.2, -0.15) is 0 Å². The van der Waals surface area contributed by atoms with Crippen LogP contribution < -0.4 is 11.6 Å². The van der Waals surface area contributed by atoms with Crippen molar-refractivity contribution >= 4 is 40.5 Å². The van der Waals surface area contributed by atoms with E-state index in [1.807, 2.05) is 40.9 Å². The maximum Gasteiger partial charge on any atom is 0.339 e. The first-order valence-corrected chi connectivity index (χ1v) is 10.7. The molecule has 0 aliphatic rings. The second-order valence-electron chi connectivity index (χ2n) is 7.31. The molecule has 4 rings (SSSR count). The molecule has 33 heavy (non-hydrogen) atoms. The Balaban J connectivity index is 1.69. The number of pyridine rings is 1. The minimum Gasteiger partial charge on any atom is -0.465 e. The van der Waals surface area contributed by atoms with Crippen LogP contribution in [0.2, 0.25) is 10.0 Å². The molecule has 0 saturated heterocycles. The number of methoxy groups -OCH3 is 1. The Morgan fingerprint density at radius 2 is 1.91 bits per heavy atom. The lowest BCUT2D eigenvalue weighted by atomic mass is 10.1. The summed E-state index contributed by atoms with van der Waals surface area (Å²) >= 11 is 12.2. The van der Waals surface area contributed by atoms with Gasteiger partial charge in [0.1, 0.15) is 5.65 Å². The van der Waals surface area contributed by atoms with Crippen LogP contribution in [-0.4, -0.2) is 27.5 Å². The van der Waals surface area contributed by atoms with E-state index in [0.717, 1.165) is 16.8 Å². The summed E-state index contributed by atoms with van der Waals surface area (Å²) in [4.78, 5) is 16.7. The standard InChI is InChI=1S/C24H21Cl2N5O2/c1-33-24(32)18-12-15(5-10-19(18)26)13-30(28)14-20(27)23-22(16-6-8-17(25)9-7-16)29-21-4-2-3-11-31(21)23/h2-12,14H,13,27-28H2,1H3/b20-14-. The number of hydrogen-bond acceptors (Lipinski definition) is 6. The highest BCUT2D eigenvalue weighted by molar-refractivity contribution is 6.33. The van der Waals surface area contributed by atoms with Crippen molar-refractivity contribution in [3.8, 4) is 11.3 Å². The molecule has 4 aromatic rings. The van der Waals surface area contributed by atoms with E-state index in [1.165, 1.54) is 12.1 Å². The van der Waals surface area contributed by atoms with Crippen molar-refractivity contribution in [2.24, 2.45) is 11.6 Å². The second-order valence-corrected chi connectivity index (χ2v) is 8.15. The number of aromatic nitrogens is 2. The van der Waals surface area contributed by atoms with Crippen molar-refractivity contribution in [3.05, 3.63) is 99.9 Å². The van der Waals surface area contributed by atoms with Crippen LogP contribution in [0, 0.1) is 0 Å². The fourth-order valence-electron chi connectivity index (χ4n) is 3.51. The van der Waals surface area contributed by atoms with Crippen molar-refractivity contribution in [1.29, 1.82) is 0 Å². The highest BCUT2D eigenvalue weighted by Gasteiger charge is 2.17. The lowest BCUT2D eigenvalue weighted by Crippen LogP contribution is -2.26. The average molecular weight is 482 g/mol. The number of imidazole rings is 1. The van der Waals surface area contributed by atoms with Gasteiger partial charge in [-0.25, -0.2) is 15.6 Å². The number of ether oxygens (including phenoxy) is 1. The van der Waals surface area contributed by atoms with Crippen LogP contribution in [0.5, 0.6) is 0 Å². The zero-order valence-corrected chi connectivity index (χ0v) is 19.2. The molecule has 0 spiro atoms. The first-order chi connectivity index (χ1) is 15.9. The highest BCUT2D eigenvalue weighted by Crippen LogP contribution is 2.29. The van der Waals surface area contributed by atoms with Crippen LogP contribution >= 0.6 is 23.2 Å². The number of nitrogens with zero attached hydrogens (tertiary/aromatic N) is 3. The number of hydrogen-bond donors (Lipinski definition) is 2. The molecule has 0 saturated carbocycles. The minimum absolute atomic E-state index is 0.272. The van der Waals surface area contributed by atoms with Crippen molar-refractivity contribution in [2.75, 3.05) is 7.11 Å². The van der Waals surface area contributed by atoms with Crippen LogP contribution in [0.25, 0.3) is 22.6 Å². The Kier molecular flexibility index (Phi) is 6.55. The lowest BCUT2D eigenvalue weighted by Gasteiger charge is -2.16. The Morgan fingerprint density at radius 3 is 2.64 bits per heavy atom. The van der Waals surface area contributed by atoms with Gasteiger partial charge in [0.05, 0.1) is 41.3 Å². The number of nitrogens with two attached hydrogens (primary N) is 2. The van der Waals surface area contributed by atoms with E-state index in [9.17, 15) is 4.79 Å². The second kappa shape index (κ2) is 9.54. The molecule has 0 amide bonds. The fraction of sp³-hybridized carbons (Fsp3) is 0.0833. The van der Waals surface area contributed by atoms with Gasteiger partial charge < -0.3 is 15.5 Å². The van der Waals surface area contributed by atoms with Gasteiger partial charge in [0.25, 0.3) is 0 Å². The SMILES string of the molecule is COC(=O)c1cc(CN(N)/C=C(\N)c2c(-c3ccc(Cl)cc3)nc3ccccn23)ccc1Cl. The molecule has 2 heterocycles. The third-order valence-electron chi connectivity index (χ3n) is 5.03. The molecule has 9 heteroatoms. The molecule has 2 aromatic carbocycles. The van der Waals surface area contributed by atoms with E-state index >= 15 is 0 Å².